The Kier molecular flexibility index (Phi) is 8.58. The summed E-state index contributed by atoms with van der Waals surface area (Å²) in [6, 6.07) is 11.7. The topological polar surface area (TPSA) is 79.2 Å². The fourth-order valence-corrected chi connectivity index (χ4v) is 3.04. The molecule has 3 N–H and O–H groups in total. The van der Waals surface area contributed by atoms with Crippen molar-refractivity contribution in [3.8, 4) is 11.5 Å². The van der Waals surface area contributed by atoms with E-state index >= 15 is 0 Å². The van der Waals surface area contributed by atoms with Gasteiger partial charge in [0.15, 0.2) is 0 Å². The van der Waals surface area contributed by atoms with Crippen molar-refractivity contribution in [1.29, 1.82) is 0 Å². The second-order valence-corrected chi connectivity index (χ2v) is 6.74. The van der Waals surface area contributed by atoms with E-state index in [2.05, 4.69) is 5.73 Å². The highest BCUT2D eigenvalue weighted by Gasteiger charge is 2.12. The number of hydrogen-bond donors (Lipinski definition) is 3. The maximum atomic E-state index is 10.5. The normalized spacial score (nSPS) is 12.8. The first-order valence-electron chi connectivity index (χ1n) is 8.85. The second kappa shape index (κ2) is 10.9. The summed E-state index contributed by atoms with van der Waals surface area (Å²) in [4.78, 5) is 0. The Morgan fingerprint density at radius 1 is 1.11 bits per heavy atom. The van der Waals surface area contributed by atoms with Crippen LogP contribution in [-0.2, 0) is 4.74 Å². The second-order valence-electron chi connectivity index (χ2n) is 6.34. The lowest BCUT2D eigenvalue weighted by molar-refractivity contribution is 0.164. The van der Waals surface area contributed by atoms with Crippen molar-refractivity contribution >= 4 is 11.6 Å². The highest BCUT2D eigenvalue weighted by Crippen LogP contribution is 2.29. The first-order valence-corrected chi connectivity index (χ1v) is 9.22. The summed E-state index contributed by atoms with van der Waals surface area (Å²) in [5.74, 6) is 0.775. The monoisotopic (exact) mass is 404 g/mol. The van der Waals surface area contributed by atoms with E-state index in [1.54, 1.807) is 38.5 Å². The molecule has 0 aliphatic heterocycles. The van der Waals surface area contributed by atoms with Gasteiger partial charge in [0.2, 0.25) is 0 Å². The van der Waals surface area contributed by atoms with Gasteiger partial charge in [0.25, 0.3) is 0 Å². The molecule has 2 aromatic rings. The molecule has 0 heterocycles. The van der Waals surface area contributed by atoms with E-state index in [1.807, 2.05) is 12.1 Å². The predicted molar refractivity (Wildman–Crippen MR) is 109 cm³/mol. The van der Waals surface area contributed by atoms with E-state index in [-0.39, 0.29) is 12.2 Å². The predicted octanol–water partition coefficient (Wildman–Crippen LogP) is 4.33. The van der Waals surface area contributed by atoms with Gasteiger partial charge in [-0.2, -0.15) is 0 Å². The zero-order valence-electron chi connectivity index (χ0n) is 15.9. The minimum atomic E-state index is -0.823. The summed E-state index contributed by atoms with van der Waals surface area (Å²) in [6.07, 6.45) is 0.816. The molecule has 0 aromatic heterocycles. The Morgan fingerprint density at radius 2 is 1.82 bits per heavy atom. The fraction of sp³-hybridized carbons (Fsp3) is 0.318. The standard InChI is InChI=1S/C22H25ClO5/c1-27-14-15(12-22(26)16-6-9-18(28-2)10-7-16)4-3-5-21(25)19-11-8-17(24)13-20(19)23/h3,6-11,13,21-22,24-26H,5,12,14H2,1-2H3/t4?,21-,22-/m1/s1. The fourth-order valence-electron chi connectivity index (χ4n) is 2.74. The average molecular weight is 405 g/mol. The summed E-state index contributed by atoms with van der Waals surface area (Å²) < 4.78 is 10.3. The third-order valence-corrected chi connectivity index (χ3v) is 4.58. The maximum absolute atomic E-state index is 10.5. The third kappa shape index (κ3) is 6.41. The SMILES string of the molecule is COCC(=C=CC[C@@H](O)c1ccc(O)cc1Cl)C[C@@H](O)c1ccc(OC)cc1. The number of phenols is 1. The van der Waals surface area contributed by atoms with Gasteiger partial charge in [-0.25, -0.2) is 0 Å². The van der Waals surface area contributed by atoms with Crippen LogP contribution >= 0.6 is 11.6 Å². The van der Waals surface area contributed by atoms with Crippen molar-refractivity contribution in [3.63, 3.8) is 0 Å². The van der Waals surface area contributed by atoms with E-state index in [4.69, 9.17) is 21.1 Å². The molecule has 28 heavy (non-hydrogen) atoms. The van der Waals surface area contributed by atoms with E-state index in [0.717, 1.165) is 16.9 Å². The van der Waals surface area contributed by atoms with Crippen molar-refractivity contribution in [2.75, 3.05) is 20.8 Å². The molecule has 0 amide bonds. The third-order valence-electron chi connectivity index (χ3n) is 4.25. The van der Waals surface area contributed by atoms with Crippen LogP contribution in [-0.4, -0.2) is 36.1 Å². The maximum Gasteiger partial charge on any atom is 0.118 e. The molecule has 0 fully saturated rings. The molecule has 2 atom stereocenters. The van der Waals surface area contributed by atoms with Crippen LogP contribution in [0.5, 0.6) is 11.5 Å². The van der Waals surface area contributed by atoms with Gasteiger partial charge in [-0.3, -0.25) is 0 Å². The molecular formula is C22H25ClO5. The van der Waals surface area contributed by atoms with Crippen molar-refractivity contribution < 1.29 is 24.8 Å². The van der Waals surface area contributed by atoms with Crippen LogP contribution in [0, 0.1) is 0 Å². The number of methoxy groups -OCH3 is 2. The molecule has 6 heteroatoms. The number of aliphatic hydroxyl groups excluding tert-OH is 2. The molecule has 0 radical (unpaired) electrons. The summed E-state index contributed by atoms with van der Waals surface area (Å²) in [5, 5.41) is 30.5. The lowest BCUT2D eigenvalue weighted by Gasteiger charge is -2.13. The van der Waals surface area contributed by atoms with E-state index in [0.29, 0.717) is 23.6 Å². The van der Waals surface area contributed by atoms with Crippen LogP contribution in [0.4, 0.5) is 0 Å². The number of rotatable bonds is 9. The molecule has 0 unspecified atom stereocenters. The molecule has 5 nitrogen and oxygen atoms in total. The largest absolute Gasteiger partial charge is 0.508 e. The highest BCUT2D eigenvalue weighted by molar-refractivity contribution is 6.31. The number of halogens is 1. The molecule has 0 bridgehead atoms. The first-order chi connectivity index (χ1) is 13.4. The van der Waals surface area contributed by atoms with Gasteiger partial charge < -0.3 is 24.8 Å². The molecular weight excluding hydrogens is 380 g/mol. The van der Waals surface area contributed by atoms with E-state index in [9.17, 15) is 15.3 Å². The van der Waals surface area contributed by atoms with Crippen LogP contribution in [0.15, 0.2) is 59.8 Å². The highest BCUT2D eigenvalue weighted by atomic mass is 35.5. The van der Waals surface area contributed by atoms with Crippen LogP contribution in [0.2, 0.25) is 5.02 Å². The van der Waals surface area contributed by atoms with Gasteiger partial charge in [0.05, 0.1) is 30.9 Å². The Morgan fingerprint density at radius 3 is 2.43 bits per heavy atom. The molecule has 2 rings (SSSR count). The van der Waals surface area contributed by atoms with Gasteiger partial charge in [-0.15, -0.1) is 5.73 Å². The summed E-state index contributed by atoms with van der Waals surface area (Å²) in [7, 11) is 3.17. The van der Waals surface area contributed by atoms with Crippen LogP contribution in [0.25, 0.3) is 0 Å². The van der Waals surface area contributed by atoms with E-state index in [1.165, 1.54) is 12.1 Å². The van der Waals surface area contributed by atoms with Crippen molar-refractivity contribution in [1.82, 2.24) is 0 Å². The molecule has 0 spiro atoms. The minimum Gasteiger partial charge on any atom is -0.508 e. The quantitative estimate of drug-likeness (QED) is 0.542. The van der Waals surface area contributed by atoms with Crippen molar-refractivity contribution in [3.05, 3.63) is 76.0 Å². The van der Waals surface area contributed by atoms with Gasteiger partial charge >= 0.3 is 0 Å². The average Bonchev–Trinajstić information content (AvgIpc) is 2.68. The van der Waals surface area contributed by atoms with Crippen LogP contribution in [0.3, 0.4) is 0 Å². The molecule has 0 saturated carbocycles. The van der Waals surface area contributed by atoms with Crippen LogP contribution < -0.4 is 4.74 Å². The molecule has 0 aliphatic rings. The van der Waals surface area contributed by atoms with Gasteiger partial charge in [0, 0.05) is 20.0 Å². The number of hydrogen-bond acceptors (Lipinski definition) is 5. The number of benzene rings is 2. The summed E-state index contributed by atoms with van der Waals surface area (Å²) >= 11 is 6.05. The molecule has 2 aromatic carbocycles. The van der Waals surface area contributed by atoms with E-state index < -0.39 is 12.2 Å². The first kappa shape index (κ1) is 22.0. The molecule has 150 valence electrons. The van der Waals surface area contributed by atoms with Gasteiger partial charge in [-0.1, -0.05) is 29.8 Å². The van der Waals surface area contributed by atoms with Crippen molar-refractivity contribution in [2.45, 2.75) is 25.0 Å². The zero-order chi connectivity index (χ0) is 20.5. The Hall–Kier alpha value is -2.27. The van der Waals surface area contributed by atoms with Gasteiger partial charge in [-0.05, 0) is 47.0 Å². The number of ether oxygens (including phenoxy) is 2. The Balaban J connectivity index is 2.07. The molecule has 0 saturated heterocycles. The van der Waals surface area contributed by atoms with Gasteiger partial charge in [0.1, 0.15) is 11.5 Å². The number of phenolic OH excluding ortho intramolecular Hbond substituents is 1. The summed E-state index contributed by atoms with van der Waals surface area (Å²) in [5.41, 5.74) is 5.18. The Bertz CT molecular complexity index is 825. The van der Waals surface area contributed by atoms with Crippen LogP contribution in [0.1, 0.15) is 36.2 Å². The number of aromatic hydroxyl groups is 1. The lowest BCUT2D eigenvalue weighted by atomic mass is 10.0. The zero-order valence-corrected chi connectivity index (χ0v) is 16.7. The lowest BCUT2D eigenvalue weighted by Crippen LogP contribution is -2.03. The minimum absolute atomic E-state index is 0.0475. The molecule has 0 aliphatic carbocycles. The smallest absolute Gasteiger partial charge is 0.118 e. The van der Waals surface area contributed by atoms with Crippen molar-refractivity contribution in [2.24, 2.45) is 0 Å². The summed E-state index contributed by atoms with van der Waals surface area (Å²) in [6.45, 7) is 0.319. The Labute approximate surface area is 170 Å². The number of aliphatic hydroxyl groups is 2.